The Bertz CT molecular complexity index is 873. The Hall–Kier alpha value is -2.46. The molecule has 2 aromatic carbocycles. The van der Waals surface area contributed by atoms with E-state index in [1.807, 2.05) is 0 Å². The van der Waals surface area contributed by atoms with E-state index in [0.717, 1.165) is 49.4 Å². The van der Waals surface area contributed by atoms with Gasteiger partial charge < -0.3 is 11.1 Å². The SMILES string of the molecule is NCCCNc1nc(-c2ccc3ccccc3c2)nc2c1CCC2. The molecular formula is C20H22N4. The molecule has 1 aliphatic carbocycles. The van der Waals surface area contributed by atoms with Crippen LogP contribution in [-0.4, -0.2) is 23.1 Å². The van der Waals surface area contributed by atoms with Crippen molar-refractivity contribution in [1.82, 2.24) is 9.97 Å². The first-order valence-corrected chi connectivity index (χ1v) is 8.68. The van der Waals surface area contributed by atoms with Gasteiger partial charge in [0.1, 0.15) is 5.82 Å². The summed E-state index contributed by atoms with van der Waals surface area (Å²) >= 11 is 0. The number of hydrogen-bond donors (Lipinski definition) is 2. The van der Waals surface area contributed by atoms with Gasteiger partial charge >= 0.3 is 0 Å². The molecule has 1 aliphatic rings. The highest BCUT2D eigenvalue weighted by Crippen LogP contribution is 2.30. The predicted molar refractivity (Wildman–Crippen MR) is 99.2 cm³/mol. The summed E-state index contributed by atoms with van der Waals surface area (Å²) in [4.78, 5) is 9.67. The maximum Gasteiger partial charge on any atom is 0.161 e. The summed E-state index contributed by atoms with van der Waals surface area (Å²) in [6.45, 7) is 1.55. The van der Waals surface area contributed by atoms with Gasteiger partial charge in [0.2, 0.25) is 0 Å². The van der Waals surface area contributed by atoms with Crippen molar-refractivity contribution in [2.45, 2.75) is 25.7 Å². The topological polar surface area (TPSA) is 63.8 Å². The molecule has 0 bridgehead atoms. The minimum Gasteiger partial charge on any atom is -0.370 e. The van der Waals surface area contributed by atoms with E-state index in [1.54, 1.807) is 0 Å². The van der Waals surface area contributed by atoms with Crippen LogP contribution in [0.15, 0.2) is 42.5 Å². The smallest absolute Gasteiger partial charge is 0.161 e. The molecule has 122 valence electrons. The first-order valence-electron chi connectivity index (χ1n) is 8.68. The number of rotatable bonds is 5. The Balaban J connectivity index is 1.74. The highest BCUT2D eigenvalue weighted by atomic mass is 15.0. The third-order valence-corrected chi connectivity index (χ3v) is 4.61. The van der Waals surface area contributed by atoms with E-state index < -0.39 is 0 Å². The van der Waals surface area contributed by atoms with Crippen LogP contribution in [0.2, 0.25) is 0 Å². The Labute approximate surface area is 142 Å². The largest absolute Gasteiger partial charge is 0.370 e. The summed E-state index contributed by atoms with van der Waals surface area (Å²) in [5.41, 5.74) is 9.17. The van der Waals surface area contributed by atoms with Crippen molar-refractivity contribution >= 4 is 16.6 Å². The zero-order valence-electron chi connectivity index (χ0n) is 13.8. The van der Waals surface area contributed by atoms with Gasteiger partial charge in [0.25, 0.3) is 0 Å². The maximum absolute atomic E-state index is 5.61. The summed E-state index contributed by atoms with van der Waals surface area (Å²) in [6.07, 6.45) is 4.23. The molecule has 0 radical (unpaired) electrons. The molecule has 4 nitrogen and oxygen atoms in total. The van der Waals surface area contributed by atoms with Gasteiger partial charge in [0.15, 0.2) is 5.82 Å². The molecule has 4 heteroatoms. The normalized spacial score (nSPS) is 13.2. The Morgan fingerprint density at radius 3 is 2.75 bits per heavy atom. The van der Waals surface area contributed by atoms with Crippen molar-refractivity contribution in [2.75, 3.05) is 18.4 Å². The van der Waals surface area contributed by atoms with Crippen LogP contribution >= 0.6 is 0 Å². The van der Waals surface area contributed by atoms with Gasteiger partial charge in [-0.25, -0.2) is 9.97 Å². The monoisotopic (exact) mass is 318 g/mol. The number of hydrogen-bond acceptors (Lipinski definition) is 4. The van der Waals surface area contributed by atoms with E-state index in [4.69, 9.17) is 15.7 Å². The molecule has 1 aromatic heterocycles. The van der Waals surface area contributed by atoms with Gasteiger partial charge in [0.05, 0.1) is 0 Å². The number of fused-ring (bicyclic) bond motifs is 2. The predicted octanol–water partition coefficient (Wildman–Crippen LogP) is 3.55. The standard InChI is InChI=1S/C20H22N4/c21-11-4-12-22-20-17-7-3-8-18(17)23-19(24-20)16-10-9-14-5-1-2-6-15(14)13-16/h1-2,5-6,9-10,13H,3-4,7-8,11-12,21H2,(H,22,23,24). The third kappa shape index (κ3) is 2.85. The molecule has 0 saturated heterocycles. The molecule has 3 aromatic rings. The second kappa shape index (κ2) is 6.57. The van der Waals surface area contributed by atoms with Gasteiger partial charge in [-0.15, -0.1) is 0 Å². The highest BCUT2D eigenvalue weighted by molar-refractivity contribution is 5.86. The lowest BCUT2D eigenvalue weighted by Crippen LogP contribution is -2.12. The van der Waals surface area contributed by atoms with Crippen molar-refractivity contribution in [3.8, 4) is 11.4 Å². The fraction of sp³-hybridized carbons (Fsp3) is 0.300. The number of anilines is 1. The summed E-state index contributed by atoms with van der Waals surface area (Å²) < 4.78 is 0. The first-order chi connectivity index (χ1) is 11.8. The highest BCUT2D eigenvalue weighted by Gasteiger charge is 2.19. The molecule has 0 amide bonds. The van der Waals surface area contributed by atoms with Crippen LogP contribution in [0, 0.1) is 0 Å². The van der Waals surface area contributed by atoms with Crippen LogP contribution in [0.3, 0.4) is 0 Å². The van der Waals surface area contributed by atoms with E-state index in [9.17, 15) is 0 Å². The van der Waals surface area contributed by atoms with Gasteiger partial charge in [-0.1, -0.05) is 36.4 Å². The third-order valence-electron chi connectivity index (χ3n) is 4.61. The summed E-state index contributed by atoms with van der Waals surface area (Å²) in [5, 5.41) is 5.92. The molecule has 0 unspecified atom stereocenters. The molecule has 3 N–H and O–H groups in total. The minimum atomic E-state index is 0.692. The number of nitrogens with two attached hydrogens (primary N) is 1. The van der Waals surface area contributed by atoms with Gasteiger partial charge in [-0.05, 0) is 49.1 Å². The lowest BCUT2D eigenvalue weighted by atomic mass is 10.1. The fourth-order valence-electron chi connectivity index (χ4n) is 3.35. The second-order valence-corrected chi connectivity index (χ2v) is 6.31. The van der Waals surface area contributed by atoms with Crippen LogP contribution in [0.25, 0.3) is 22.2 Å². The average Bonchev–Trinajstić information content (AvgIpc) is 3.10. The second-order valence-electron chi connectivity index (χ2n) is 6.31. The number of aryl methyl sites for hydroxylation is 1. The molecule has 4 rings (SSSR count). The number of nitrogens with one attached hydrogen (secondary N) is 1. The van der Waals surface area contributed by atoms with Crippen LogP contribution < -0.4 is 11.1 Å². The van der Waals surface area contributed by atoms with E-state index in [0.29, 0.717) is 6.54 Å². The fourth-order valence-corrected chi connectivity index (χ4v) is 3.35. The van der Waals surface area contributed by atoms with E-state index in [2.05, 4.69) is 47.8 Å². The lowest BCUT2D eigenvalue weighted by Gasteiger charge is -2.12. The van der Waals surface area contributed by atoms with Gasteiger partial charge in [0, 0.05) is 23.4 Å². The van der Waals surface area contributed by atoms with Crippen molar-refractivity contribution in [2.24, 2.45) is 5.73 Å². The molecular weight excluding hydrogens is 296 g/mol. The van der Waals surface area contributed by atoms with Gasteiger partial charge in [-0.3, -0.25) is 0 Å². The van der Waals surface area contributed by atoms with Crippen LogP contribution in [0.5, 0.6) is 0 Å². The maximum atomic E-state index is 5.61. The van der Waals surface area contributed by atoms with Crippen molar-refractivity contribution in [1.29, 1.82) is 0 Å². The van der Waals surface area contributed by atoms with E-state index >= 15 is 0 Å². The molecule has 0 spiro atoms. The van der Waals surface area contributed by atoms with Crippen molar-refractivity contribution < 1.29 is 0 Å². The van der Waals surface area contributed by atoms with Crippen LogP contribution in [0.1, 0.15) is 24.1 Å². The average molecular weight is 318 g/mol. The summed E-state index contributed by atoms with van der Waals surface area (Å²) in [7, 11) is 0. The van der Waals surface area contributed by atoms with Crippen LogP contribution in [-0.2, 0) is 12.8 Å². The van der Waals surface area contributed by atoms with Crippen molar-refractivity contribution in [3.63, 3.8) is 0 Å². The number of benzene rings is 2. The zero-order valence-corrected chi connectivity index (χ0v) is 13.8. The quantitative estimate of drug-likeness (QED) is 0.706. The van der Waals surface area contributed by atoms with Gasteiger partial charge in [-0.2, -0.15) is 0 Å². The molecule has 24 heavy (non-hydrogen) atoms. The Morgan fingerprint density at radius 2 is 1.88 bits per heavy atom. The lowest BCUT2D eigenvalue weighted by molar-refractivity contribution is 0.865. The Morgan fingerprint density at radius 1 is 1.00 bits per heavy atom. The summed E-state index contributed by atoms with van der Waals surface area (Å²) in [6, 6.07) is 14.8. The Kier molecular flexibility index (Phi) is 4.13. The number of aromatic nitrogens is 2. The minimum absolute atomic E-state index is 0.692. The molecule has 0 fully saturated rings. The summed E-state index contributed by atoms with van der Waals surface area (Å²) in [5.74, 6) is 1.81. The van der Waals surface area contributed by atoms with E-state index in [1.165, 1.54) is 22.0 Å². The molecule has 0 atom stereocenters. The zero-order chi connectivity index (χ0) is 16.4. The number of nitrogens with zero attached hydrogens (tertiary/aromatic N) is 2. The van der Waals surface area contributed by atoms with Crippen LogP contribution in [0.4, 0.5) is 5.82 Å². The molecule has 0 saturated carbocycles. The van der Waals surface area contributed by atoms with Crippen molar-refractivity contribution in [3.05, 3.63) is 53.7 Å². The first kappa shape index (κ1) is 15.1. The van der Waals surface area contributed by atoms with E-state index in [-0.39, 0.29) is 0 Å². The molecule has 0 aliphatic heterocycles. The molecule has 1 heterocycles.